The van der Waals surface area contributed by atoms with Crippen molar-refractivity contribution in [3.05, 3.63) is 45.9 Å². The topological polar surface area (TPSA) is 52.0 Å². The molecule has 3 nitrogen and oxygen atoms in total. The molecule has 2 aromatic carbocycles. The molecule has 0 fully saturated rings. The van der Waals surface area contributed by atoms with Crippen LogP contribution in [0.25, 0.3) is 22.6 Å². The van der Waals surface area contributed by atoms with Gasteiger partial charge in [-0.05, 0) is 24.3 Å². The molecular formula is C13H8BrClN2O. The first-order chi connectivity index (χ1) is 8.63. The van der Waals surface area contributed by atoms with E-state index in [4.69, 9.17) is 21.8 Å². The summed E-state index contributed by atoms with van der Waals surface area (Å²) in [5.74, 6) is 0.549. The molecule has 0 bridgehead atoms. The van der Waals surface area contributed by atoms with E-state index < -0.39 is 0 Å². The van der Waals surface area contributed by atoms with Gasteiger partial charge in [0.2, 0.25) is 5.89 Å². The Morgan fingerprint density at radius 3 is 2.83 bits per heavy atom. The molecule has 0 amide bonds. The first-order valence-electron chi connectivity index (χ1n) is 5.25. The lowest BCUT2D eigenvalue weighted by atomic mass is 10.2. The SMILES string of the molecule is Nc1cc2oc(-c3cccc(Br)c3)nc2cc1Cl. The number of nitrogens with zero attached hydrogens (tertiary/aromatic N) is 1. The largest absolute Gasteiger partial charge is 0.436 e. The molecule has 18 heavy (non-hydrogen) atoms. The van der Waals surface area contributed by atoms with E-state index in [0.717, 1.165) is 10.0 Å². The minimum Gasteiger partial charge on any atom is -0.436 e. The molecule has 1 aromatic heterocycles. The number of nitrogen functional groups attached to an aromatic ring is 1. The van der Waals surface area contributed by atoms with Crippen LogP contribution in [-0.2, 0) is 0 Å². The number of aromatic nitrogens is 1. The maximum atomic E-state index is 5.95. The van der Waals surface area contributed by atoms with Gasteiger partial charge in [0.1, 0.15) is 5.52 Å². The Kier molecular flexibility index (Phi) is 2.76. The zero-order chi connectivity index (χ0) is 12.7. The van der Waals surface area contributed by atoms with Crippen molar-refractivity contribution >= 4 is 44.3 Å². The predicted molar refractivity (Wildman–Crippen MR) is 76.6 cm³/mol. The summed E-state index contributed by atoms with van der Waals surface area (Å²) in [5, 5.41) is 0.483. The predicted octanol–water partition coefficient (Wildman–Crippen LogP) is 4.49. The third-order valence-electron chi connectivity index (χ3n) is 2.58. The van der Waals surface area contributed by atoms with E-state index in [1.807, 2.05) is 24.3 Å². The Morgan fingerprint density at radius 1 is 1.22 bits per heavy atom. The number of halogens is 2. The molecule has 0 radical (unpaired) electrons. The minimum atomic E-state index is 0.483. The van der Waals surface area contributed by atoms with E-state index in [1.165, 1.54) is 0 Å². The summed E-state index contributed by atoms with van der Waals surface area (Å²) in [5.41, 5.74) is 8.45. The highest BCUT2D eigenvalue weighted by molar-refractivity contribution is 9.10. The second-order valence-electron chi connectivity index (χ2n) is 3.87. The summed E-state index contributed by atoms with van der Waals surface area (Å²) in [6.45, 7) is 0. The fourth-order valence-electron chi connectivity index (χ4n) is 1.71. The standard InChI is InChI=1S/C13H8BrClN2O/c14-8-3-1-2-7(4-8)13-17-11-5-9(15)10(16)6-12(11)18-13/h1-6H,16H2. The van der Waals surface area contributed by atoms with Gasteiger partial charge < -0.3 is 10.2 Å². The average Bonchev–Trinajstić information content (AvgIpc) is 2.73. The van der Waals surface area contributed by atoms with Crippen molar-refractivity contribution in [3.63, 3.8) is 0 Å². The van der Waals surface area contributed by atoms with Crippen molar-refractivity contribution in [3.8, 4) is 11.5 Å². The molecule has 0 aliphatic carbocycles. The number of hydrogen-bond donors (Lipinski definition) is 1. The van der Waals surface area contributed by atoms with Crippen molar-refractivity contribution in [2.75, 3.05) is 5.73 Å². The van der Waals surface area contributed by atoms with Crippen molar-refractivity contribution in [1.29, 1.82) is 0 Å². The molecule has 0 aliphatic rings. The molecule has 2 N–H and O–H groups in total. The molecule has 0 spiro atoms. The summed E-state index contributed by atoms with van der Waals surface area (Å²) in [6, 6.07) is 11.1. The third kappa shape index (κ3) is 1.98. The van der Waals surface area contributed by atoms with Gasteiger partial charge in [-0.3, -0.25) is 0 Å². The van der Waals surface area contributed by atoms with Crippen molar-refractivity contribution in [1.82, 2.24) is 4.98 Å². The highest BCUT2D eigenvalue weighted by atomic mass is 79.9. The molecular weight excluding hydrogens is 316 g/mol. The number of hydrogen-bond acceptors (Lipinski definition) is 3. The van der Waals surface area contributed by atoms with Crippen LogP contribution >= 0.6 is 27.5 Å². The lowest BCUT2D eigenvalue weighted by Crippen LogP contribution is -1.84. The number of benzene rings is 2. The Bertz CT molecular complexity index is 700. The van der Waals surface area contributed by atoms with Gasteiger partial charge in [-0.15, -0.1) is 0 Å². The number of rotatable bonds is 1. The average molecular weight is 324 g/mol. The maximum Gasteiger partial charge on any atom is 0.227 e. The van der Waals surface area contributed by atoms with Crippen molar-refractivity contribution < 1.29 is 4.42 Å². The summed E-state index contributed by atoms with van der Waals surface area (Å²) < 4.78 is 6.65. The van der Waals surface area contributed by atoms with E-state index in [1.54, 1.807) is 12.1 Å². The van der Waals surface area contributed by atoms with Crippen LogP contribution in [0.3, 0.4) is 0 Å². The van der Waals surface area contributed by atoms with Crippen molar-refractivity contribution in [2.24, 2.45) is 0 Å². The van der Waals surface area contributed by atoms with Crippen LogP contribution in [0.15, 0.2) is 45.3 Å². The molecule has 0 atom stereocenters. The molecule has 0 aliphatic heterocycles. The fraction of sp³-hybridized carbons (Fsp3) is 0. The molecule has 3 rings (SSSR count). The monoisotopic (exact) mass is 322 g/mol. The highest BCUT2D eigenvalue weighted by Gasteiger charge is 2.10. The van der Waals surface area contributed by atoms with Crippen LogP contribution in [0.4, 0.5) is 5.69 Å². The second-order valence-corrected chi connectivity index (χ2v) is 5.19. The van der Waals surface area contributed by atoms with E-state index >= 15 is 0 Å². The van der Waals surface area contributed by atoms with Crippen LogP contribution in [0.5, 0.6) is 0 Å². The Morgan fingerprint density at radius 2 is 2.06 bits per heavy atom. The van der Waals surface area contributed by atoms with Crippen LogP contribution < -0.4 is 5.73 Å². The van der Waals surface area contributed by atoms with Crippen LogP contribution in [0, 0.1) is 0 Å². The minimum absolute atomic E-state index is 0.483. The van der Waals surface area contributed by atoms with Crippen molar-refractivity contribution in [2.45, 2.75) is 0 Å². The van der Waals surface area contributed by atoms with Gasteiger partial charge in [0.05, 0.1) is 10.7 Å². The normalized spacial score (nSPS) is 11.0. The lowest BCUT2D eigenvalue weighted by molar-refractivity contribution is 0.620. The van der Waals surface area contributed by atoms with E-state index in [-0.39, 0.29) is 0 Å². The number of nitrogens with two attached hydrogens (primary N) is 1. The molecule has 0 saturated carbocycles. The lowest BCUT2D eigenvalue weighted by Gasteiger charge is -1.95. The van der Waals surface area contributed by atoms with Gasteiger partial charge in [-0.2, -0.15) is 0 Å². The van der Waals surface area contributed by atoms with Gasteiger partial charge in [-0.1, -0.05) is 33.6 Å². The Labute approximate surface area is 117 Å². The highest BCUT2D eigenvalue weighted by Crippen LogP contribution is 2.30. The Balaban J connectivity index is 2.19. The van der Waals surface area contributed by atoms with Crippen LogP contribution in [0.2, 0.25) is 5.02 Å². The third-order valence-corrected chi connectivity index (χ3v) is 3.40. The second kappa shape index (κ2) is 4.30. The van der Waals surface area contributed by atoms with Gasteiger partial charge >= 0.3 is 0 Å². The first kappa shape index (κ1) is 11.6. The molecule has 5 heteroatoms. The number of fused-ring (bicyclic) bond motifs is 1. The van der Waals surface area contributed by atoms with Crippen LogP contribution in [0.1, 0.15) is 0 Å². The Hall–Kier alpha value is -1.52. The van der Waals surface area contributed by atoms with Gasteiger partial charge in [-0.25, -0.2) is 4.98 Å². The first-order valence-corrected chi connectivity index (χ1v) is 6.42. The number of anilines is 1. The van der Waals surface area contributed by atoms with Gasteiger partial charge in [0.15, 0.2) is 5.58 Å². The summed E-state index contributed by atoms with van der Waals surface area (Å²) in [6.07, 6.45) is 0. The summed E-state index contributed by atoms with van der Waals surface area (Å²) in [7, 11) is 0. The molecule has 0 saturated heterocycles. The van der Waals surface area contributed by atoms with E-state index in [2.05, 4.69) is 20.9 Å². The molecule has 90 valence electrons. The zero-order valence-electron chi connectivity index (χ0n) is 9.15. The maximum absolute atomic E-state index is 5.95. The molecule has 1 heterocycles. The molecule has 3 aromatic rings. The van der Waals surface area contributed by atoms with Gasteiger partial charge in [0, 0.05) is 16.1 Å². The number of oxazole rings is 1. The van der Waals surface area contributed by atoms with Gasteiger partial charge in [0.25, 0.3) is 0 Å². The quantitative estimate of drug-likeness (QED) is 0.671. The van der Waals surface area contributed by atoms with E-state index in [0.29, 0.717) is 27.7 Å². The van der Waals surface area contributed by atoms with Crippen LogP contribution in [-0.4, -0.2) is 4.98 Å². The summed E-state index contributed by atoms with van der Waals surface area (Å²) >= 11 is 9.37. The zero-order valence-corrected chi connectivity index (χ0v) is 11.5. The molecule has 0 unspecified atom stereocenters. The fourth-order valence-corrected chi connectivity index (χ4v) is 2.27. The van der Waals surface area contributed by atoms with E-state index in [9.17, 15) is 0 Å². The smallest absolute Gasteiger partial charge is 0.227 e. The summed E-state index contributed by atoms with van der Waals surface area (Å²) in [4.78, 5) is 4.40.